The van der Waals surface area contributed by atoms with Gasteiger partial charge in [0.1, 0.15) is 5.69 Å². The number of benzene rings is 1. The zero-order valence-electron chi connectivity index (χ0n) is 16.1. The van der Waals surface area contributed by atoms with Crippen LogP contribution in [0.3, 0.4) is 0 Å². The van der Waals surface area contributed by atoms with Crippen LogP contribution >= 0.6 is 11.3 Å². The van der Waals surface area contributed by atoms with E-state index >= 15 is 0 Å². The first kappa shape index (κ1) is 19.2. The molecule has 0 radical (unpaired) electrons. The first-order valence-corrected chi connectivity index (χ1v) is 9.88. The van der Waals surface area contributed by atoms with Crippen LogP contribution in [-0.2, 0) is 4.74 Å². The van der Waals surface area contributed by atoms with Crippen molar-refractivity contribution in [2.24, 2.45) is 0 Å². The summed E-state index contributed by atoms with van der Waals surface area (Å²) < 4.78 is 17.6. The van der Waals surface area contributed by atoms with Crippen LogP contribution in [0, 0.1) is 0 Å². The molecule has 152 valence electrons. The van der Waals surface area contributed by atoms with Crippen molar-refractivity contribution < 1.29 is 19.0 Å². The van der Waals surface area contributed by atoms with Crippen LogP contribution in [0.5, 0.6) is 11.5 Å². The summed E-state index contributed by atoms with van der Waals surface area (Å²) in [5, 5.41) is 12.9. The molecule has 0 aliphatic carbocycles. The van der Waals surface area contributed by atoms with Gasteiger partial charge in [-0.1, -0.05) is 11.3 Å². The molecular weight excluding hydrogens is 394 g/mol. The Labute approximate surface area is 171 Å². The van der Waals surface area contributed by atoms with Gasteiger partial charge in [0.05, 0.1) is 27.4 Å². The van der Waals surface area contributed by atoms with E-state index in [9.17, 15) is 4.79 Å². The lowest BCUT2D eigenvalue weighted by molar-refractivity contribution is 0.102. The third kappa shape index (κ3) is 4.03. The lowest BCUT2D eigenvalue weighted by Gasteiger charge is -2.25. The predicted octanol–water partition coefficient (Wildman–Crippen LogP) is 2.43. The lowest BCUT2D eigenvalue weighted by atomic mass is 10.2. The van der Waals surface area contributed by atoms with Crippen molar-refractivity contribution >= 4 is 28.1 Å². The highest BCUT2D eigenvalue weighted by molar-refractivity contribution is 7.17. The molecule has 2 aromatic heterocycles. The van der Waals surface area contributed by atoms with E-state index in [1.54, 1.807) is 55.3 Å². The molecule has 0 saturated carbocycles. The normalized spacial score (nSPS) is 13.9. The average molecular weight is 415 g/mol. The van der Waals surface area contributed by atoms with Crippen LogP contribution in [0.2, 0.25) is 0 Å². The number of aromatic nitrogens is 3. The molecule has 1 N–H and O–H groups in total. The van der Waals surface area contributed by atoms with E-state index in [2.05, 4.69) is 20.4 Å². The zero-order chi connectivity index (χ0) is 20.2. The van der Waals surface area contributed by atoms with E-state index in [4.69, 9.17) is 14.2 Å². The summed E-state index contributed by atoms with van der Waals surface area (Å²) in [6.07, 6.45) is 1.80. The maximum Gasteiger partial charge on any atom is 0.272 e. The van der Waals surface area contributed by atoms with Crippen LogP contribution in [0.1, 0.15) is 10.5 Å². The van der Waals surface area contributed by atoms with Crippen molar-refractivity contribution in [2.75, 3.05) is 50.7 Å². The van der Waals surface area contributed by atoms with Crippen LogP contribution in [0.4, 0.5) is 10.8 Å². The van der Waals surface area contributed by atoms with Crippen molar-refractivity contribution in [3.8, 4) is 16.6 Å². The largest absolute Gasteiger partial charge is 0.493 e. The van der Waals surface area contributed by atoms with Gasteiger partial charge in [-0.3, -0.25) is 9.36 Å². The summed E-state index contributed by atoms with van der Waals surface area (Å²) in [6, 6.07) is 8.76. The molecule has 1 aliphatic rings. The maximum absolute atomic E-state index is 12.9. The molecule has 4 rings (SSSR count). The van der Waals surface area contributed by atoms with Crippen LogP contribution in [-0.4, -0.2) is 61.2 Å². The molecule has 0 spiro atoms. The standard InChI is InChI=1S/C19H21N5O4S/c1-26-15-6-5-13(12-16(15)27-2)20-17(25)14-4-3-7-24(14)19-22-21-18(29-19)23-8-10-28-11-9-23/h3-7,12H,8-11H2,1-2H3,(H,20,25). The molecule has 1 saturated heterocycles. The summed E-state index contributed by atoms with van der Waals surface area (Å²) in [6.45, 7) is 2.93. The van der Waals surface area contributed by atoms with E-state index in [0.717, 1.165) is 18.2 Å². The van der Waals surface area contributed by atoms with E-state index in [1.807, 2.05) is 0 Å². The number of hydrogen-bond donors (Lipinski definition) is 1. The molecule has 1 aromatic carbocycles. The number of rotatable bonds is 6. The zero-order valence-corrected chi connectivity index (χ0v) is 16.9. The van der Waals surface area contributed by atoms with Crippen LogP contribution < -0.4 is 19.7 Å². The summed E-state index contributed by atoms with van der Waals surface area (Å²) in [5.74, 6) is 0.878. The van der Waals surface area contributed by atoms with Gasteiger partial charge in [0.25, 0.3) is 5.91 Å². The fourth-order valence-corrected chi connectivity index (χ4v) is 3.93. The van der Waals surface area contributed by atoms with Crippen molar-refractivity contribution in [1.82, 2.24) is 14.8 Å². The van der Waals surface area contributed by atoms with Gasteiger partial charge in [0, 0.05) is 31.0 Å². The average Bonchev–Trinajstić information content (AvgIpc) is 3.43. The van der Waals surface area contributed by atoms with Gasteiger partial charge >= 0.3 is 0 Å². The molecule has 10 heteroatoms. The molecule has 1 amide bonds. The predicted molar refractivity (Wildman–Crippen MR) is 110 cm³/mol. The fourth-order valence-electron chi connectivity index (χ4n) is 3.03. The third-order valence-electron chi connectivity index (χ3n) is 4.51. The molecule has 3 heterocycles. The van der Waals surface area contributed by atoms with Gasteiger partial charge in [-0.25, -0.2) is 0 Å². The third-order valence-corrected chi connectivity index (χ3v) is 5.50. The molecule has 3 aromatic rings. The molecule has 0 unspecified atom stereocenters. The summed E-state index contributed by atoms with van der Waals surface area (Å²) in [4.78, 5) is 15.0. The lowest BCUT2D eigenvalue weighted by Crippen LogP contribution is -2.36. The number of carbonyl (C=O) groups is 1. The number of hydrogen-bond acceptors (Lipinski definition) is 8. The summed E-state index contributed by atoms with van der Waals surface area (Å²) >= 11 is 1.44. The minimum atomic E-state index is -0.259. The number of ether oxygens (including phenoxy) is 3. The Morgan fingerprint density at radius 2 is 1.86 bits per heavy atom. The van der Waals surface area contributed by atoms with Crippen molar-refractivity contribution in [3.05, 3.63) is 42.2 Å². The highest BCUT2D eigenvalue weighted by Gasteiger charge is 2.19. The summed E-state index contributed by atoms with van der Waals surface area (Å²) in [7, 11) is 3.12. The number of carbonyl (C=O) groups excluding carboxylic acids is 1. The van der Waals surface area contributed by atoms with E-state index in [1.165, 1.54) is 11.3 Å². The second-order valence-electron chi connectivity index (χ2n) is 6.25. The second kappa shape index (κ2) is 8.50. The smallest absolute Gasteiger partial charge is 0.272 e. The fraction of sp³-hybridized carbons (Fsp3) is 0.316. The topological polar surface area (TPSA) is 90.7 Å². The Bertz CT molecular complexity index is 996. The Morgan fingerprint density at radius 1 is 1.10 bits per heavy atom. The van der Waals surface area contributed by atoms with E-state index in [-0.39, 0.29) is 5.91 Å². The van der Waals surface area contributed by atoms with E-state index in [0.29, 0.717) is 41.2 Å². The van der Waals surface area contributed by atoms with E-state index < -0.39 is 0 Å². The Kier molecular flexibility index (Phi) is 5.63. The molecule has 29 heavy (non-hydrogen) atoms. The molecule has 1 fully saturated rings. The van der Waals surface area contributed by atoms with Gasteiger partial charge in [0.2, 0.25) is 10.3 Å². The van der Waals surface area contributed by atoms with Crippen LogP contribution in [0.25, 0.3) is 5.13 Å². The number of anilines is 2. The number of morpholine rings is 1. The minimum Gasteiger partial charge on any atom is -0.493 e. The summed E-state index contributed by atoms with van der Waals surface area (Å²) in [5.41, 5.74) is 1.07. The van der Waals surface area contributed by atoms with Gasteiger partial charge < -0.3 is 24.4 Å². The Hall–Kier alpha value is -3.11. The van der Waals surface area contributed by atoms with Gasteiger partial charge in [0.15, 0.2) is 11.5 Å². The van der Waals surface area contributed by atoms with Gasteiger partial charge in [-0.2, -0.15) is 0 Å². The van der Waals surface area contributed by atoms with Crippen molar-refractivity contribution in [3.63, 3.8) is 0 Å². The molecule has 9 nitrogen and oxygen atoms in total. The van der Waals surface area contributed by atoms with Crippen molar-refractivity contribution in [2.45, 2.75) is 0 Å². The first-order chi connectivity index (χ1) is 14.2. The molecular formula is C19H21N5O4S. The molecule has 0 atom stereocenters. The number of amides is 1. The number of methoxy groups -OCH3 is 2. The quantitative estimate of drug-likeness (QED) is 0.661. The molecule has 1 aliphatic heterocycles. The molecule has 0 bridgehead atoms. The second-order valence-corrected chi connectivity index (χ2v) is 7.19. The number of nitrogens with one attached hydrogen (secondary N) is 1. The van der Waals surface area contributed by atoms with Gasteiger partial charge in [-0.05, 0) is 24.3 Å². The Balaban J connectivity index is 1.53. The van der Waals surface area contributed by atoms with Gasteiger partial charge in [-0.15, -0.1) is 10.2 Å². The SMILES string of the molecule is COc1ccc(NC(=O)c2cccn2-c2nnc(N3CCOCC3)s2)cc1OC. The highest BCUT2D eigenvalue weighted by Crippen LogP contribution is 2.30. The van der Waals surface area contributed by atoms with Crippen LogP contribution in [0.15, 0.2) is 36.5 Å². The maximum atomic E-state index is 12.9. The highest BCUT2D eigenvalue weighted by atomic mass is 32.1. The van der Waals surface area contributed by atoms with Crippen molar-refractivity contribution in [1.29, 1.82) is 0 Å². The first-order valence-electron chi connectivity index (χ1n) is 9.07. The monoisotopic (exact) mass is 415 g/mol. The minimum absolute atomic E-state index is 0.259. The Morgan fingerprint density at radius 3 is 2.62 bits per heavy atom. The number of nitrogens with zero attached hydrogens (tertiary/aromatic N) is 4.